The van der Waals surface area contributed by atoms with E-state index in [9.17, 15) is 0 Å². The molecule has 0 heterocycles. The van der Waals surface area contributed by atoms with Crippen molar-refractivity contribution in [1.29, 1.82) is 0 Å². The lowest BCUT2D eigenvalue weighted by Crippen LogP contribution is -2.02. The van der Waals surface area contributed by atoms with Crippen molar-refractivity contribution < 1.29 is 0 Å². The summed E-state index contributed by atoms with van der Waals surface area (Å²) in [5.41, 5.74) is 0.947. The molecular formula is C8H4Cl6. The first-order valence-electron chi connectivity index (χ1n) is 3.48. The smallest absolute Gasteiger partial charge is 0.121 e. The van der Waals surface area contributed by atoms with E-state index in [-0.39, 0.29) is 5.88 Å². The van der Waals surface area contributed by atoms with Crippen molar-refractivity contribution in [3.63, 3.8) is 0 Å². The fraction of sp³-hybridized carbons (Fsp3) is 0.250. The zero-order valence-corrected chi connectivity index (χ0v) is 11.2. The van der Waals surface area contributed by atoms with Crippen LogP contribution in [0.4, 0.5) is 0 Å². The summed E-state index contributed by atoms with van der Waals surface area (Å²) in [5, 5.41) is 0.760. The first-order chi connectivity index (χ1) is 6.38. The molecule has 1 aromatic rings. The van der Waals surface area contributed by atoms with Crippen molar-refractivity contribution >= 4 is 69.6 Å². The van der Waals surface area contributed by atoms with E-state index in [0.717, 1.165) is 0 Å². The van der Waals surface area contributed by atoms with E-state index in [2.05, 4.69) is 0 Å². The summed E-state index contributed by atoms with van der Waals surface area (Å²) in [4.78, 5) is 0. The maximum Gasteiger partial charge on any atom is 0.217 e. The number of rotatable bonds is 1. The lowest BCUT2D eigenvalue weighted by molar-refractivity contribution is 1.21. The van der Waals surface area contributed by atoms with Gasteiger partial charge in [-0.05, 0) is 6.07 Å². The van der Waals surface area contributed by atoms with Crippen molar-refractivity contribution in [3.05, 3.63) is 33.3 Å². The van der Waals surface area contributed by atoms with Gasteiger partial charge in [0.1, 0.15) is 0 Å². The molecule has 0 aromatic heterocycles. The van der Waals surface area contributed by atoms with Crippen LogP contribution in [0, 0.1) is 0 Å². The molecule has 0 unspecified atom stereocenters. The van der Waals surface area contributed by atoms with E-state index in [1.54, 1.807) is 12.1 Å². The molecule has 0 saturated carbocycles. The normalized spacial score (nSPS) is 11.9. The van der Waals surface area contributed by atoms with Crippen molar-refractivity contribution in [2.24, 2.45) is 0 Å². The molecule has 0 atom stereocenters. The van der Waals surface area contributed by atoms with Gasteiger partial charge in [0.2, 0.25) is 3.79 Å². The standard InChI is InChI=1S/C8H4Cl6/c9-3-4-6(10)2-1-5(7(4)11)8(12,13)14/h1-2H,3H2. The molecule has 14 heavy (non-hydrogen) atoms. The second-order valence-corrected chi connectivity index (χ2v) is 5.85. The quantitative estimate of drug-likeness (QED) is 0.596. The molecule has 0 spiro atoms. The predicted molar refractivity (Wildman–Crippen MR) is 65.3 cm³/mol. The van der Waals surface area contributed by atoms with Crippen LogP contribution in [0.15, 0.2) is 12.1 Å². The lowest BCUT2D eigenvalue weighted by Gasteiger charge is -2.15. The molecule has 0 bridgehead atoms. The molecule has 0 fully saturated rings. The van der Waals surface area contributed by atoms with Gasteiger partial charge in [0.05, 0.1) is 10.9 Å². The minimum absolute atomic E-state index is 0.173. The predicted octanol–water partition coefficient (Wildman–Crippen LogP) is 5.56. The van der Waals surface area contributed by atoms with E-state index in [1.807, 2.05) is 0 Å². The van der Waals surface area contributed by atoms with Gasteiger partial charge in [-0.15, -0.1) is 11.6 Å². The Balaban J connectivity index is 3.36. The fourth-order valence-electron chi connectivity index (χ4n) is 0.939. The molecule has 1 aromatic carbocycles. The van der Waals surface area contributed by atoms with E-state index >= 15 is 0 Å². The van der Waals surface area contributed by atoms with Crippen LogP contribution in [-0.4, -0.2) is 0 Å². The monoisotopic (exact) mass is 310 g/mol. The van der Waals surface area contributed by atoms with Crippen LogP contribution in [0.1, 0.15) is 11.1 Å². The van der Waals surface area contributed by atoms with E-state index < -0.39 is 3.79 Å². The maximum atomic E-state index is 5.98. The summed E-state index contributed by atoms with van der Waals surface area (Å²) in [6.07, 6.45) is 0. The molecule has 0 radical (unpaired) electrons. The fourth-order valence-corrected chi connectivity index (χ4v) is 2.62. The van der Waals surface area contributed by atoms with Crippen LogP contribution in [0.25, 0.3) is 0 Å². The third kappa shape index (κ3) is 2.75. The van der Waals surface area contributed by atoms with Gasteiger partial charge >= 0.3 is 0 Å². The number of hydrogen-bond donors (Lipinski definition) is 0. The van der Waals surface area contributed by atoms with Gasteiger partial charge < -0.3 is 0 Å². The molecule has 1 rings (SSSR count). The summed E-state index contributed by atoms with van der Waals surface area (Å²) in [5.74, 6) is 0.173. The Morgan fingerprint density at radius 2 is 1.64 bits per heavy atom. The summed E-state index contributed by atoms with van der Waals surface area (Å²) >= 11 is 34.6. The second kappa shape index (κ2) is 4.86. The molecular weight excluding hydrogens is 309 g/mol. The lowest BCUT2D eigenvalue weighted by atomic mass is 10.1. The molecule has 0 nitrogen and oxygen atoms in total. The topological polar surface area (TPSA) is 0 Å². The van der Waals surface area contributed by atoms with Gasteiger partial charge in [-0.3, -0.25) is 0 Å². The average Bonchev–Trinajstić information content (AvgIpc) is 2.02. The van der Waals surface area contributed by atoms with Gasteiger partial charge in [0, 0.05) is 16.1 Å². The van der Waals surface area contributed by atoms with E-state index in [4.69, 9.17) is 69.6 Å². The van der Waals surface area contributed by atoms with Crippen LogP contribution in [0.3, 0.4) is 0 Å². The highest BCUT2D eigenvalue weighted by atomic mass is 35.6. The zero-order valence-electron chi connectivity index (χ0n) is 6.63. The van der Waals surface area contributed by atoms with Gasteiger partial charge in [-0.2, -0.15) is 0 Å². The highest BCUT2D eigenvalue weighted by molar-refractivity contribution is 6.67. The average molecular weight is 313 g/mol. The molecule has 0 aliphatic carbocycles. The minimum Gasteiger partial charge on any atom is -0.121 e. The first kappa shape index (κ1) is 13.0. The van der Waals surface area contributed by atoms with Gasteiger partial charge in [-0.1, -0.05) is 64.1 Å². The van der Waals surface area contributed by atoms with Gasteiger partial charge in [-0.25, -0.2) is 0 Å². The third-order valence-corrected chi connectivity index (χ3v) is 3.29. The van der Waals surface area contributed by atoms with Gasteiger partial charge in [0.25, 0.3) is 0 Å². The third-order valence-electron chi connectivity index (χ3n) is 1.63. The van der Waals surface area contributed by atoms with Crippen molar-refractivity contribution in [2.45, 2.75) is 9.67 Å². The molecule has 0 aliphatic rings. The zero-order chi connectivity index (χ0) is 10.9. The molecule has 0 aliphatic heterocycles. The Labute approximate surface area is 112 Å². The molecule has 6 heteroatoms. The summed E-state index contributed by atoms with van der Waals surface area (Å²) < 4.78 is -1.57. The summed E-state index contributed by atoms with van der Waals surface area (Å²) in [6, 6.07) is 3.16. The second-order valence-electron chi connectivity index (χ2n) is 2.52. The van der Waals surface area contributed by atoms with Crippen LogP contribution in [0.2, 0.25) is 10.0 Å². The number of hydrogen-bond acceptors (Lipinski definition) is 0. The summed E-state index contributed by atoms with van der Waals surface area (Å²) in [6.45, 7) is 0. The molecule has 0 saturated heterocycles. The highest BCUT2D eigenvalue weighted by Crippen LogP contribution is 2.44. The van der Waals surface area contributed by atoms with Crippen molar-refractivity contribution in [1.82, 2.24) is 0 Å². The molecule has 0 amide bonds. The van der Waals surface area contributed by atoms with E-state index in [1.165, 1.54) is 0 Å². The Bertz CT molecular complexity index is 340. The van der Waals surface area contributed by atoms with Crippen LogP contribution >= 0.6 is 69.6 Å². The SMILES string of the molecule is ClCc1c(Cl)ccc(C(Cl)(Cl)Cl)c1Cl. The Morgan fingerprint density at radius 1 is 1.07 bits per heavy atom. The molecule has 0 N–H and O–H groups in total. The van der Waals surface area contributed by atoms with Crippen molar-refractivity contribution in [2.75, 3.05) is 0 Å². The Hall–Kier alpha value is 0.960. The van der Waals surface area contributed by atoms with E-state index in [0.29, 0.717) is 21.2 Å². The molecule has 78 valence electrons. The Morgan fingerprint density at radius 3 is 2.07 bits per heavy atom. The van der Waals surface area contributed by atoms with Crippen LogP contribution < -0.4 is 0 Å². The largest absolute Gasteiger partial charge is 0.217 e. The number of alkyl halides is 4. The van der Waals surface area contributed by atoms with Gasteiger partial charge in [0.15, 0.2) is 0 Å². The van der Waals surface area contributed by atoms with Crippen LogP contribution in [0.5, 0.6) is 0 Å². The van der Waals surface area contributed by atoms with Crippen LogP contribution in [-0.2, 0) is 9.67 Å². The number of halogens is 6. The highest BCUT2D eigenvalue weighted by Gasteiger charge is 2.27. The Kier molecular flexibility index (Phi) is 4.52. The maximum absolute atomic E-state index is 5.98. The number of benzene rings is 1. The summed E-state index contributed by atoms with van der Waals surface area (Å²) in [7, 11) is 0. The minimum atomic E-state index is -1.57. The first-order valence-corrected chi connectivity index (χ1v) is 5.90. The van der Waals surface area contributed by atoms with Crippen molar-refractivity contribution in [3.8, 4) is 0 Å².